The highest BCUT2D eigenvalue weighted by Gasteiger charge is 2.39. The van der Waals surface area contributed by atoms with Crippen LogP contribution in [0.1, 0.15) is 45.7 Å². The normalized spacial score (nSPS) is 21.3. The lowest BCUT2D eigenvalue weighted by Crippen LogP contribution is -2.48. The zero-order chi connectivity index (χ0) is 23.7. The van der Waals surface area contributed by atoms with Crippen molar-refractivity contribution in [3.63, 3.8) is 0 Å². The van der Waals surface area contributed by atoms with Crippen molar-refractivity contribution in [3.8, 4) is 5.75 Å². The Bertz CT molecular complexity index is 1260. The Hall–Kier alpha value is -3.95. The molecule has 1 saturated heterocycles. The Morgan fingerprint density at radius 2 is 2.00 bits per heavy atom. The Morgan fingerprint density at radius 1 is 1.15 bits per heavy atom. The highest BCUT2D eigenvalue weighted by molar-refractivity contribution is 5.95. The third-order valence-electron chi connectivity index (χ3n) is 6.40. The minimum absolute atomic E-state index is 0.146. The van der Waals surface area contributed by atoms with Crippen LogP contribution < -0.4 is 15.4 Å². The molecule has 1 fully saturated rings. The molecule has 176 valence electrons. The van der Waals surface area contributed by atoms with Gasteiger partial charge in [0.2, 0.25) is 5.91 Å². The number of carbonyl (C=O) groups excluding carboxylic acids is 3. The van der Waals surface area contributed by atoms with Crippen LogP contribution in [0.5, 0.6) is 5.75 Å². The molecule has 2 N–H and O–H groups in total. The summed E-state index contributed by atoms with van der Waals surface area (Å²) in [7, 11) is 0. The Morgan fingerprint density at radius 3 is 2.88 bits per heavy atom. The largest absolute Gasteiger partial charge is 0.491 e. The maximum absolute atomic E-state index is 13.7. The van der Waals surface area contributed by atoms with Gasteiger partial charge in [0.05, 0.1) is 12.7 Å². The summed E-state index contributed by atoms with van der Waals surface area (Å²) in [5.74, 6) is -0.0323. The maximum atomic E-state index is 13.7. The van der Waals surface area contributed by atoms with E-state index < -0.39 is 0 Å². The first kappa shape index (κ1) is 21.9. The molecule has 5 rings (SSSR count). The van der Waals surface area contributed by atoms with Crippen molar-refractivity contribution >= 4 is 23.4 Å². The zero-order valence-electron chi connectivity index (χ0n) is 18.9. The van der Waals surface area contributed by atoms with Crippen molar-refractivity contribution in [1.29, 1.82) is 0 Å². The van der Waals surface area contributed by atoms with Gasteiger partial charge in [0.1, 0.15) is 12.4 Å². The summed E-state index contributed by atoms with van der Waals surface area (Å²) >= 11 is 0. The summed E-state index contributed by atoms with van der Waals surface area (Å²) in [6.07, 6.45) is 4.61. The summed E-state index contributed by atoms with van der Waals surface area (Å²) in [6, 6.07) is 8.27. The zero-order valence-corrected chi connectivity index (χ0v) is 18.9. The number of carbonyl (C=O) groups is 3. The monoisotopic (exact) mass is 462 g/mol. The molecule has 3 aromatic rings. The molecule has 10 heteroatoms. The summed E-state index contributed by atoms with van der Waals surface area (Å²) < 4.78 is 7.29. The molecular weight excluding hydrogens is 436 g/mol. The van der Waals surface area contributed by atoms with Crippen LogP contribution in [-0.4, -0.2) is 69.0 Å². The number of aryl methyl sites for hydroxylation is 1. The van der Waals surface area contributed by atoms with Crippen LogP contribution in [0.3, 0.4) is 0 Å². The van der Waals surface area contributed by atoms with Gasteiger partial charge in [0.15, 0.2) is 11.3 Å². The van der Waals surface area contributed by atoms with Gasteiger partial charge in [-0.25, -0.2) is 9.50 Å². The molecule has 2 aliphatic rings. The van der Waals surface area contributed by atoms with E-state index in [-0.39, 0.29) is 49.4 Å². The topological polar surface area (TPSA) is 118 Å². The van der Waals surface area contributed by atoms with Gasteiger partial charge in [-0.15, -0.1) is 0 Å². The van der Waals surface area contributed by atoms with Crippen molar-refractivity contribution in [2.24, 2.45) is 0 Å². The van der Waals surface area contributed by atoms with Gasteiger partial charge in [-0.3, -0.25) is 14.4 Å². The smallest absolute Gasteiger partial charge is 0.274 e. The van der Waals surface area contributed by atoms with E-state index in [1.807, 2.05) is 13.0 Å². The molecule has 1 aromatic carbocycles. The molecular formula is C24H26N6O4. The van der Waals surface area contributed by atoms with Crippen molar-refractivity contribution in [3.05, 3.63) is 59.5 Å². The summed E-state index contributed by atoms with van der Waals surface area (Å²) in [5, 5.41) is 10.1. The van der Waals surface area contributed by atoms with Crippen molar-refractivity contribution in [1.82, 2.24) is 30.1 Å². The molecule has 3 amide bonds. The molecule has 10 nitrogen and oxygen atoms in total. The summed E-state index contributed by atoms with van der Waals surface area (Å²) in [4.78, 5) is 45.2. The average Bonchev–Trinajstić information content (AvgIpc) is 3.44. The number of hydrogen-bond donors (Lipinski definition) is 2. The highest BCUT2D eigenvalue weighted by Crippen LogP contribution is 2.29. The van der Waals surface area contributed by atoms with Crippen molar-refractivity contribution < 1.29 is 19.1 Å². The van der Waals surface area contributed by atoms with Gasteiger partial charge >= 0.3 is 0 Å². The molecule has 0 saturated carbocycles. The molecule has 34 heavy (non-hydrogen) atoms. The fourth-order valence-corrected chi connectivity index (χ4v) is 4.65. The second-order valence-electron chi connectivity index (χ2n) is 8.63. The standard InChI is InChI=1S/C24H26N6O4/c1-15-4-5-16-11-20(15)34-10-9-25-22(31)12-17-6-7-18(13-27-23(16)32)29(17)24(33)19-14-26-21-3-2-8-28-30(19)21/h2-5,8,11,14,17-18H,6-7,9-10,12-13H2,1H3,(H,25,31)(H,27,32)/t17-,18+/m0/s1. The molecule has 4 heterocycles. The number of aromatic nitrogens is 3. The van der Waals surface area contributed by atoms with Crippen molar-refractivity contribution in [2.75, 3.05) is 19.7 Å². The Kier molecular flexibility index (Phi) is 5.87. The molecule has 4 bridgehead atoms. The number of fused-ring (bicyclic) bond motifs is 5. The lowest BCUT2D eigenvalue weighted by atomic mass is 10.1. The minimum Gasteiger partial charge on any atom is -0.491 e. The third-order valence-corrected chi connectivity index (χ3v) is 6.40. The molecule has 0 radical (unpaired) electrons. The number of ether oxygens (including phenoxy) is 1. The Labute approximate surface area is 196 Å². The van der Waals surface area contributed by atoms with E-state index in [4.69, 9.17) is 4.74 Å². The Balaban J connectivity index is 1.45. The van der Waals surface area contributed by atoms with E-state index in [1.54, 1.807) is 35.4 Å². The predicted octanol–water partition coefficient (Wildman–Crippen LogP) is 1.34. The van der Waals surface area contributed by atoms with Crippen LogP contribution in [0.15, 0.2) is 42.7 Å². The first-order valence-corrected chi connectivity index (χ1v) is 11.4. The second-order valence-corrected chi connectivity index (χ2v) is 8.63. The second kappa shape index (κ2) is 9.12. The average molecular weight is 463 g/mol. The van der Waals surface area contributed by atoms with Crippen LogP contribution in [0.4, 0.5) is 0 Å². The number of hydrogen-bond acceptors (Lipinski definition) is 6. The lowest BCUT2D eigenvalue weighted by molar-refractivity contribution is -0.122. The number of rotatable bonds is 1. The van der Waals surface area contributed by atoms with Crippen LogP contribution in [-0.2, 0) is 4.79 Å². The number of nitrogens with one attached hydrogen (secondary N) is 2. The molecule has 2 aliphatic heterocycles. The first-order chi connectivity index (χ1) is 16.5. The molecule has 2 aromatic heterocycles. The van der Waals surface area contributed by atoms with E-state index in [0.29, 0.717) is 42.0 Å². The molecule has 0 unspecified atom stereocenters. The maximum Gasteiger partial charge on any atom is 0.274 e. The van der Waals surface area contributed by atoms with Gasteiger partial charge in [-0.2, -0.15) is 5.10 Å². The van der Waals surface area contributed by atoms with Crippen LogP contribution >= 0.6 is 0 Å². The fourth-order valence-electron chi connectivity index (χ4n) is 4.65. The number of benzene rings is 1. The quantitative estimate of drug-likeness (QED) is 0.564. The van der Waals surface area contributed by atoms with Gasteiger partial charge in [0, 0.05) is 36.8 Å². The van der Waals surface area contributed by atoms with Gasteiger partial charge in [-0.05, 0) is 49.6 Å². The lowest BCUT2D eigenvalue weighted by Gasteiger charge is -2.30. The van der Waals surface area contributed by atoms with Gasteiger partial charge in [0.25, 0.3) is 11.8 Å². The van der Waals surface area contributed by atoms with E-state index in [0.717, 1.165) is 5.56 Å². The fraction of sp³-hybridized carbons (Fsp3) is 0.375. The van der Waals surface area contributed by atoms with Crippen LogP contribution in [0, 0.1) is 6.92 Å². The number of nitrogens with zero attached hydrogens (tertiary/aromatic N) is 4. The third kappa shape index (κ3) is 4.18. The summed E-state index contributed by atoms with van der Waals surface area (Å²) in [6.45, 7) is 2.79. The summed E-state index contributed by atoms with van der Waals surface area (Å²) in [5.41, 5.74) is 2.29. The highest BCUT2D eigenvalue weighted by atomic mass is 16.5. The SMILES string of the molecule is Cc1ccc2cc1OCCNC(=O)C[C@@H]1CC[C@H](CNC2=O)N1C(=O)c1cnc2cccnn12. The van der Waals surface area contributed by atoms with Crippen LogP contribution in [0.2, 0.25) is 0 Å². The molecule has 2 atom stereocenters. The van der Waals surface area contributed by atoms with Gasteiger partial charge in [-0.1, -0.05) is 6.07 Å². The van der Waals surface area contributed by atoms with Crippen LogP contribution in [0.25, 0.3) is 5.65 Å². The van der Waals surface area contributed by atoms with E-state index >= 15 is 0 Å². The van der Waals surface area contributed by atoms with E-state index in [9.17, 15) is 14.4 Å². The molecule has 0 spiro atoms. The van der Waals surface area contributed by atoms with E-state index in [1.165, 1.54) is 10.7 Å². The predicted molar refractivity (Wildman–Crippen MR) is 123 cm³/mol. The van der Waals surface area contributed by atoms with Gasteiger partial charge < -0.3 is 20.3 Å². The van der Waals surface area contributed by atoms with E-state index in [2.05, 4.69) is 20.7 Å². The minimum atomic E-state index is -0.294. The first-order valence-electron chi connectivity index (χ1n) is 11.4. The molecule has 0 aliphatic carbocycles. The number of imidazole rings is 1. The van der Waals surface area contributed by atoms with Crippen molar-refractivity contribution in [2.45, 2.75) is 38.3 Å². The number of amides is 3.